The highest BCUT2D eigenvalue weighted by molar-refractivity contribution is 8.04. The molecule has 0 saturated carbocycles. The quantitative estimate of drug-likeness (QED) is 0.449. The average Bonchev–Trinajstić information content (AvgIpc) is 3.13. The Bertz CT molecular complexity index is 1050. The van der Waals surface area contributed by atoms with Crippen molar-refractivity contribution >= 4 is 41.5 Å². The van der Waals surface area contributed by atoms with E-state index in [4.69, 9.17) is 5.11 Å². The van der Waals surface area contributed by atoms with Crippen LogP contribution in [0.5, 0.6) is 0 Å². The number of rotatable bonds is 10. The minimum atomic E-state index is -0.836. The molecule has 1 saturated heterocycles. The van der Waals surface area contributed by atoms with Crippen molar-refractivity contribution in [2.24, 2.45) is 10.2 Å². The Hall–Kier alpha value is -3.45. The summed E-state index contributed by atoms with van der Waals surface area (Å²) in [6.07, 6.45) is 10.8. The zero-order chi connectivity index (χ0) is 22.6. The van der Waals surface area contributed by atoms with Gasteiger partial charge in [0.1, 0.15) is 0 Å². The molecule has 0 aromatic heterocycles. The van der Waals surface area contributed by atoms with Crippen molar-refractivity contribution < 1.29 is 14.7 Å². The third-order valence-electron chi connectivity index (χ3n) is 4.55. The molecular weight excluding hydrogens is 422 g/mol. The number of hydrogen-bond donors (Lipinski definition) is 2. The Labute approximate surface area is 191 Å². The summed E-state index contributed by atoms with van der Waals surface area (Å²) in [7, 11) is 0. The minimum absolute atomic E-state index is 0.0660. The van der Waals surface area contributed by atoms with E-state index in [1.807, 2.05) is 85.0 Å². The van der Waals surface area contributed by atoms with Crippen LogP contribution in [-0.4, -0.2) is 28.8 Å². The van der Waals surface area contributed by atoms with Crippen LogP contribution < -0.4 is 5.32 Å². The lowest BCUT2D eigenvalue weighted by Crippen LogP contribution is -2.22. The lowest BCUT2D eigenvalue weighted by Gasteiger charge is -2.02. The molecule has 1 atom stereocenters. The minimum Gasteiger partial charge on any atom is -0.481 e. The fourth-order valence-electron chi connectivity index (χ4n) is 3.01. The SMILES string of the molecule is O=C(O)CCCC1SC(=CC=Cc2cccc(N=NCC=Cc3ccccc3)c2)NC1=O. The maximum atomic E-state index is 12.0. The molecule has 1 unspecified atom stereocenters. The second kappa shape index (κ2) is 12.4. The molecule has 2 aromatic rings. The number of carbonyl (C=O) groups is 2. The molecule has 2 aromatic carbocycles. The van der Waals surface area contributed by atoms with Gasteiger partial charge in [0, 0.05) is 6.42 Å². The predicted octanol–water partition coefficient (Wildman–Crippen LogP) is 5.82. The van der Waals surface area contributed by atoms with Gasteiger partial charge in [0.05, 0.1) is 22.5 Å². The predicted molar refractivity (Wildman–Crippen MR) is 129 cm³/mol. The van der Waals surface area contributed by atoms with Gasteiger partial charge in [-0.1, -0.05) is 78.5 Å². The first kappa shape index (κ1) is 23.2. The first-order chi connectivity index (χ1) is 15.6. The molecule has 6 nitrogen and oxygen atoms in total. The number of benzene rings is 2. The topological polar surface area (TPSA) is 91.1 Å². The van der Waals surface area contributed by atoms with Crippen LogP contribution in [0.4, 0.5) is 5.69 Å². The van der Waals surface area contributed by atoms with E-state index >= 15 is 0 Å². The van der Waals surface area contributed by atoms with Crippen LogP contribution in [0.3, 0.4) is 0 Å². The Kier molecular flexibility index (Phi) is 9.01. The Balaban J connectivity index is 1.49. The molecule has 1 fully saturated rings. The van der Waals surface area contributed by atoms with Crippen LogP contribution in [0.2, 0.25) is 0 Å². The van der Waals surface area contributed by atoms with Gasteiger partial charge in [-0.2, -0.15) is 10.2 Å². The monoisotopic (exact) mass is 447 g/mol. The number of aliphatic carboxylic acids is 1. The molecule has 0 aliphatic carbocycles. The summed E-state index contributed by atoms with van der Waals surface area (Å²) >= 11 is 1.44. The van der Waals surface area contributed by atoms with Crippen molar-refractivity contribution in [2.45, 2.75) is 24.5 Å². The molecule has 7 heteroatoms. The summed E-state index contributed by atoms with van der Waals surface area (Å²) in [5, 5.41) is 20.6. The maximum Gasteiger partial charge on any atom is 0.303 e. The molecule has 164 valence electrons. The van der Waals surface area contributed by atoms with E-state index in [1.165, 1.54) is 11.8 Å². The van der Waals surface area contributed by atoms with Crippen molar-refractivity contribution in [3.05, 3.63) is 89.0 Å². The van der Waals surface area contributed by atoms with Crippen molar-refractivity contribution in [3.63, 3.8) is 0 Å². The lowest BCUT2D eigenvalue weighted by atomic mass is 10.2. The van der Waals surface area contributed by atoms with Crippen LogP contribution in [0.1, 0.15) is 30.4 Å². The number of thioether (sulfide) groups is 1. The standard InChI is InChI=1S/C25H25N3O3S/c29-24(30)16-6-14-22-25(31)27-23(32-22)15-5-11-20-10-4-13-21(18-20)28-26-17-7-12-19-8-2-1-3-9-19/h1-5,7-13,15,18,22H,6,14,16-17H2,(H,27,31)(H,29,30). The zero-order valence-corrected chi connectivity index (χ0v) is 18.4. The third-order valence-corrected chi connectivity index (χ3v) is 5.78. The highest BCUT2D eigenvalue weighted by Gasteiger charge is 2.28. The summed E-state index contributed by atoms with van der Waals surface area (Å²) in [6, 6.07) is 17.8. The number of hydrogen-bond acceptors (Lipinski definition) is 5. The van der Waals surface area contributed by atoms with Gasteiger partial charge >= 0.3 is 5.97 Å². The molecule has 0 radical (unpaired) electrons. The lowest BCUT2D eigenvalue weighted by molar-refractivity contribution is -0.137. The summed E-state index contributed by atoms with van der Waals surface area (Å²) in [5.41, 5.74) is 2.88. The summed E-state index contributed by atoms with van der Waals surface area (Å²) < 4.78 is 0. The fraction of sp³-hybridized carbons (Fsp3) is 0.200. The van der Waals surface area contributed by atoms with E-state index in [0.29, 0.717) is 19.4 Å². The van der Waals surface area contributed by atoms with Crippen molar-refractivity contribution in [1.29, 1.82) is 0 Å². The number of carboxylic acid groups (broad SMARTS) is 1. The van der Waals surface area contributed by atoms with Gasteiger partial charge in [-0.15, -0.1) is 0 Å². The van der Waals surface area contributed by atoms with Crippen molar-refractivity contribution in [2.75, 3.05) is 6.54 Å². The zero-order valence-electron chi connectivity index (χ0n) is 17.6. The number of nitrogens with zero attached hydrogens (tertiary/aromatic N) is 2. The number of amides is 1. The van der Waals surface area contributed by atoms with Crippen LogP contribution >= 0.6 is 11.8 Å². The van der Waals surface area contributed by atoms with Crippen LogP contribution in [0, 0.1) is 0 Å². The molecule has 1 aliphatic heterocycles. The molecule has 32 heavy (non-hydrogen) atoms. The smallest absolute Gasteiger partial charge is 0.303 e. The van der Waals surface area contributed by atoms with Gasteiger partial charge in [-0.25, -0.2) is 0 Å². The van der Waals surface area contributed by atoms with Crippen LogP contribution in [0.15, 0.2) is 88.1 Å². The highest BCUT2D eigenvalue weighted by atomic mass is 32.2. The molecule has 0 bridgehead atoms. The summed E-state index contributed by atoms with van der Waals surface area (Å²) in [5.74, 6) is -0.902. The van der Waals surface area contributed by atoms with Crippen molar-refractivity contribution in [1.82, 2.24) is 5.32 Å². The van der Waals surface area contributed by atoms with E-state index in [1.54, 1.807) is 0 Å². The molecule has 1 amide bonds. The summed E-state index contributed by atoms with van der Waals surface area (Å²) in [4.78, 5) is 22.6. The number of allylic oxidation sites excluding steroid dienone is 2. The van der Waals surface area contributed by atoms with Gasteiger partial charge < -0.3 is 10.4 Å². The number of carboxylic acids is 1. The van der Waals surface area contributed by atoms with Crippen LogP contribution in [0.25, 0.3) is 12.2 Å². The van der Waals surface area contributed by atoms with Gasteiger partial charge in [-0.3, -0.25) is 9.59 Å². The molecule has 1 heterocycles. The van der Waals surface area contributed by atoms with Gasteiger partial charge in [-0.05, 0) is 42.2 Å². The third kappa shape index (κ3) is 8.00. The van der Waals surface area contributed by atoms with Gasteiger partial charge in [0.2, 0.25) is 5.91 Å². The fourth-order valence-corrected chi connectivity index (χ4v) is 4.08. The Morgan fingerprint density at radius 2 is 1.91 bits per heavy atom. The second-order valence-corrected chi connectivity index (χ2v) is 8.35. The Morgan fingerprint density at radius 3 is 2.72 bits per heavy atom. The van der Waals surface area contributed by atoms with E-state index in [9.17, 15) is 9.59 Å². The molecule has 3 rings (SSSR count). The number of carbonyl (C=O) groups excluding carboxylic acids is 1. The largest absolute Gasteiger partial charge is 0.481 e. The van der Waals surface area contributed by atoms with Gasteiger partial charge in [0.25, 0.3) is 0 Å². The van der Waals surface area contributed by atoms with E-state index < -0.39 is 5.97 Å². The van der Waals surface area contributed by atoms with E-state index in [2.05, 4.69) is 15.5 Å². The normalized spacial score (nSPS) is 17.7. The molecule has 2 N–H and O–H groups in total. The highest BCUT2D eigenvalue weighted by Crippen LogP contribution is 2.30. The maximum absolute atomic E-state index is 12.0. The van der Waals surface area contributed by atoms with E-state index in [-0.39, 0.29) is 17.6 Å². The first-order valence-corrected chi connectivity index (χ1v) is 11.2. The summed E-state index contributed by atoms with van der Waals surface area (Å²) in [6.45, 7) is 0.506. The average molecular weight is 448 g/mol. The molecule has 1 aliphatic rings. The molecular formula is C25H25N3O3S. The van der Waals surface area contributed by atoms with E-state index in [0.717, 1.165) is 21.8 Å². The van der Waals surface area contributed by atoms with Crippen molar-refractivity contribution in [3.8, 4) is 0 Å². The second-order valence-electron chi connectivity index (χ2n) is 7.10. The van der Waals surface area contributed by atoms with Gasteiger partial charge in [0.15, 0.2) is 0 Å². The Morgan fingerprint density at radius 1 is 1.09 bits per heavy atom. The molecule has 0 spiro atoms. The number of nitrogens with one attached hydrogen (secondary N) is 1. The first-order valence-electron chi connectivity index (χ1n) is 10.4. The van der Waals surface area contributed by atoms with Crippen LogP contribution in [-0.2, 0) is 9.59 Å². The number of azo groups is 1.